The third-order valence-electron chi connectivity index (χ3n) is 7.99. The van der Waals surface area contributed by atoms with Crippen molar-refractivity contribution in [2.75, 3.05) is 30.9 Å². The first-order valence-electron chi connectivity index (χ1n) is 13.7. The Morgan fingerprint density at radius 3 is 2.50 bits per heavy atom. The zero-order valence-corrected chi connectivity index (χ0v) is 24.0. The summed E-state index contributed by atoms with van der Waals surface area (Å²) in [6, 6.07) is 21.4. The molecule has 1 N–H and O–H groups in total. The summed E-state index contributed by atoms with van der Waals surface area (Å²) in [5, 5.41) is 1.05. The Balaban J connectivity index is 1.50. The maximum Gasteiger partial charge on any atom is 0.332 e. The van der Waals surface area contributed by atoms with Crippen molar-refractivity contribution in [3.8, 4) is 11.5 Å². The largest absolute Gasteiger partial charge is 0.490 e. The van der Waals surface area contributed by atoms with Crippen LogP contribution in [0.15, 0.2) is 71.6 Å². The number of para-hydroxylation sites is 1. The maximum atomic E-state index is 14.2. The third kappa shape index (κ3) is 3.96. The average molecular weight is 556 g/mol. The number of nitrogens with one attached hydrogen (secondary N) is 1. The molecule has 0 saturated carbocycles. The highest BCUT2D eigenvalue weighted by atomic mass is 32.2. The predicted octanol–water partition coefficient (Wildman–Crippen LogP) is 6.91. The Morgan fingerprint density at radius 1 is 1.00 bits per heavy atom. The van der Waals surface area contributed by atoms with E-state index in [1.807, 2.05) is 80.8 Å². The number of hydrogen-bond acceptors (Lipinski definition) is 5. The first-order chi connectivity index (χ1) is 19.4. The minimum Gasteiger partial charge on any atom is -0.490 e. The Labute approximate surface area is 238 Å². The first kappa shape index (κ1) is 26.3. The number of carbonyl (C=O) groups is 2. The number of thioether (sulfide) groups is 1. The number of urea groups is 1. The van der Waals surface area contributed by atoms with E-state index < -0.39 is 5.54 Å². The number of hydrogen-bond donors (Lipinski definition) is 1. The topological polar surface area (TPSA) is 74.9 Å². The molecule has 1 aromatic heterocycles. The Bertz CT molecular complexity index is 1600. The normalized spacial score (nSPS) is 20.1. The molecule has 3 heterocycles. The van der Waals surface area contributed by atoms with E-state index >= 15 is 0 Å². The van der Waals surface area contributed by atoms with Gasteiger partial charge in [0.1, 0.15) is 0 Å². The third-order valence-corrected chi connectivity index (χ3v) is 8.73. The summed E-state index contributed by atoms with van der Waals surface area (Å²) in [6.07, 6.45) is 2.90. The van der Waals surface area contributed by atoms with E-state index in [-0.39, 0.29) is 17.9 Å². The molecule has 0 bridgehead atoms. The van der Waals surface area contributed by atoms with Crippen LogP contribution in [0, 0.1) is 0 Å². The van der Waals surface area contributed by atoms with Gasteiger partial charge in [-0.15, -0.1) is 11.8 Å². The van der Waals surface area contributed by atoms with Crippen molar-refractivity contribution >= 4 is 40.3 Å². The van der Waals surface area contributed by atoms with Gasteiger partial charge in [-0.3, -0.25) is 4.79 Å². The second kappa shape index (κ2) is 10.2. The molecule has 7 nitrogen and oxygen atoms in total. The molecule has 2 atom stereocenters. The van der Waals surface area contributed by atoms with E-state index in [0.29, 0.717) is 36.9 Å². The molecule has 2 unspecified atom stereocenters. The van der Waals surface area contributed by atoms with E-state index in [4.69, 9.17) is 9.47 Å². The van der Waals surface area contributed by atoms with Crippen molar-refractivity contribution in [3.63, 3.8) is 0 Å². The van der Waals surface area contributed by atoms with Crippen LogP contribution in [0.3, 0.4) is 0 Å². The molecule has 8 heteroatoms. The van der Waals surface area contributed by atoms with Gasteiger partial charge in [0.2, 0.25) is 0 Å². The van der Waals surface area contributed by atoms with Gasteiger partial charge in [-0.1, -0.05) is 31.2 Å². The number of carbonyl (C=O) groups excluding carboxylic acids is 2. The van der Waals surface area contributed by atoms with Crippen LogP contribution in [0.25, 0.3) is 10.9 Å². The molecule has 206 valence electrons. The van der Waals surface area contributed by atoms with Gasteiger partial charge in [0.25, 0.3) is 5.91 Å². The van der Waals surface area contributed by atoms with Crippen LogP contribution >= 0.6 is 11.8 Å². The van der Waals surface area contributed by atoms with Gasteiger partial charge in [0, 0.05) is 28.3 Å². The van der Waals surface area contributed by atoms with Crippen LogP contribution in [-0.4, -0.2) is 47.8 Å². The molecular formula is C32H33N3O4S. The molecule has 2 aliphatic heterocycles. The maximum absolute atomic E-state index is 14.2. The number of nitrogens with zero attached hydrogens (tertiary/aromatic N) is 2. The van der Waals surface area contributed by atoms with Crippen LogP contribution in [0.4, 0.5) is 10.5 Å². The molecule has 6 rings (SSSR count). The zero-order chi connectivity index (χ0) is 28.0. The van der Waals surface area contributed by atoms with E-state index in [9.17, 15) is 9.59 Å². The van der Waals surface area contributed by atoms with Gasteiger partial charge in [-0.25, -0.2) is 9.69 Å². The number of imide groups is 1. The fourth-order valence-corrected chi connectivity index (χ4v) is 6.40. The van der Waals surface area contributed by atoms with Crippen LogP contribution < -0.4 is 14.4 Å². The molecule has 4 aromatic rings. The summed E-state index contributed by atoms with van der Waals surface area (Å²) < 4.78 is 11.9. The molecule has 1 saturated heterocycles. The van der Waals surface area contributed by atoms with E-state index in [2.05, 4.69) is 18.0 Å². The van der Waals surface area contributed by atoms with Crippen molar-refractivity contribution in [1.82, 2.24) is 9.88 Å². The lowest BCUT2D eigenvalue weighted by atomic mass is 9.78. The van der Waals surface area contributed by atoms with Gasteiger partial charge < -0.3 is 19.4 Å². The number of aromatic nitrogens is 1. The molecule has 40 heavy (non-hydrogen) atoms. The van der Waals surface area contributed by atoms with Crippen molar-refractivity contribution in [1.29, 1.82) is 0 Å². The van der Waals surface area contributed by atoms with Crippen LogP contribution in [0.5, 0.6) is 11.5 Å². The Kier molecular flexibility index (Phi) is 6.74. The second-order valence-corrected chi connectivity index (χ2v) is 11.2. The van der Waals surface area contributed by atoms with Crippen molar-refractivity contribution in [3.05, 3.63) is 83.6 Å². The molecule has 0 radical (unpaired) electrons. The van der Waals surface area contributed by atoms with Crippen molar-refractivity contribution in [2.24, 2.45) is 0 Å². The summed E-state index contributed by atoms with van der Waals surface area (Å²) in [7, 11) is 0. The monoisotopic (exact) mass is 555 g/mol. The molecule has 3 amide bonds. The van der Waals surface area contributed by atoms with E-state index in [0.717, 1.165) is 39.0 Å². The van der Waals surface area contributed by atoms with Gasteiger partial charge in [-0.05, 0) is 80.1 Å². The smallest absolute Gasteiger partial charge is 0.332 e. The molecule has 1 fully saturated rings. The fourth-order valence-electron chi connectivity index (χ4n) is 5.99. The lowest BCUT2D eigenvalue weighted by Gasteiger charge is -2.40. The summed E-state index contributed by atoms with van der Waals surface area (Å²) in [4.78, 5) is 35.9. The van der Waals surface area contributed by atoms with Gasteiger partial charge >= 0.3 is 6.03 Å². The quantitative estimate of drug-likeness (QED) is 0.189. The van der Waals surface area contributed by atoms with E-state index in [1.54, 1.807) is 16.7 Å². The number of aromatic amines is 1. The average Bonchev–Trinajstić information content (AvgIpc) is 3.46. The number of amides is 3. The van der Waals surface area contributed by atoms with Gasteiger partial charge in [0.05, 0.1) is 24.6 Å². The van der Waals surface area contributed by atoms with Crippen LogP contribution in [0.2, 0.25) is 0 Å². The summed E-state index contributed by atoms with van der Waals surface area (Å²) >= 11 is 1.62. The van der Waals surface area contributed by atoms with Gasteiger partial charge in [0.15, 0.2) is 17.0 Å². The van der Waals surface area contributed by atoms with Crippen molar-refractivity contribution < 1.29 is 19.1 Å². The summed E-state index contributed by atoms with van der Waals surface area (Å²) in [5.74, 6) is 0.968. The highest BCUT2D eigenvalue weighted by molar-refractivity contribution is 7.98. The second-order valence-electron chi connectivity index (χ2n) is 10.3. The SMILES string of the molecule is CCCOc1ccc(C2CN3C(=O)N(c4ccc(SC)cc4)C(=O)C3(C)c3[nH]c4ccccc4c32)cc1OCC. The number of anilines is 1. The molecular weight excluding hydrogens is 522 g/mol. The number of fused-ring (bicyclic) bond motifs is 5. The molecule has 0 aliphatic carbocycles. The highest BCUT2D eigenvalue weighted by Crippen LogP contribution is 2.51. The summed E-state index contributed by atoms with van der Waals surface area (Å²) in [6.45, 7) is 7.36. The van der Waals surface area contributed by atoms with Crippen LogP contribution in [-0.2, 0) is 10.3 Å². The Hall–Kier alpha value is -3.91. The minimum atomic E-state index is -1.16. The van der Waals surface area contributed by atoms with Crippen molar-refractivity contribution in [2.45, 2.75) is 43.5 Å². The lowest BCUT2D eigenvalue weighted by Crippen LogP contribution is -2.50. The zero-order valence-electron chi connectivity index (χ0n) is 23.2. The van der Waals surface area contributed by atoms with E-state index in [1.165, 1.54) is 4.90 Å². The number of ether oxygens (including phenoxy) is 2. The highest BCUT2D eigenvalue weighted by Gasteiger charge is 2.60. The minimum absolute atomic E-state index is 0.172. The number of H-pyrrole nitrogens is 1. The number of benzene rings is 3. The standard InChI is InChI=1S/C32H33N3O4S/c1-5-17-39-26-16-11-20(18-27(26)38-6-2)24-19-34-31(37)35(21-12-14-22(40-4)15-13-21)30(36)32(34,3)29-28(24)23-9-7-8-10-25(23)33-29/h7-16,18,24,33H,5-6,17,19H2,1-4H3. The molecule has 3 aromatic carbocycles. The lowest BCUT2D eigenvalue weighted by molar-refractivity contribution is -0.125. The number of rotatable bonds is 8. The molecule has 2 aliphatic rings. The predicted molar refractivity (Wildman–Crippen MR) is 159 cm³/mol. The Morgan fingerprint density at radius 2 is 1.77 bits per heavy atom. The fraction of sp³-hybridized carbons (Fsp3) is 0.312. The first-order valence-corrected chi connectivity index (χ1v) is 15.0. The van der Waals surface area contributed by atoms with Gasteiger partial charge in [-0.2, -0.15) is 0 Å². The summed E-state index contributed by atoms with van der Waals surface area (Å²) in [5.41, 5.74) is 3.16. The molecule has 0 spiro atoms. The van der Waals surface area contributed by atoms with Crippen LogP contribution in [0.1, 0.15) is 49.9 Å².